The van der Waals surface area contributed by atoms with Gasteiger partial charge in [-0.15, -0.1) is 0 Å². The third kappa shape index (κ3) is 4.46. The number of fused-ring (bicyclic) bond motifs is 1. The number of aryl methyl sites for hydroxylation is 1. The summed E-state index contributed by atoms with van der Waals surface area (Å²) in [6, 6.07) is 8.34. The van der Waals surface area contributed by atoms with Crippen molar-refractivity contribution in [2.75, 3.05) is 18.0 Å². The first-order valence-corrected chi connectivity index (χ1v) is 11.5. The van der Waals surface area contributed by atoms with Gasteiger partial charge in [-0.25, -0.2) is 9.50 Å². The highest BCUT2D eigenvalue weighted by atomic mass is 16.3. The fourth-order valence-electron chi connectivity index (χ4n) is 4.46. The molecule has 0 bridgehead atoms. The first-order valence-electron chi connectivity index (χ1n) is 11.5. The van der Waals surface area contributed by atoms with Crippen LogP contribution in [-0.4, -0.2) is 60.6 Å². The molecule has 0 saturated carbocycles. The number of amides is 1. The SMILES string of the molecule is C[C@H](O)C(=O)NC1CCN(c2ccc(-c3cc(-c4cnn(C)c4)cn4ncc(C#N)c34)cn2)CC1. The first kappa shape index (κ1) is 22.6. The Kier molecular flexibility index (Phi) is 5.93. The quantitative estimate of drug-likeness (QED) is 0.458. The van der Waals surface area contributed by atoms with Crippen LogP contribution in [0.4, 0.5) is 5.82 Å². The molecule has 2 N–H and O–H groups in total. The molecule has 0 aliphatic carbocycles. The van der Waals surface area contributed by atoms with Crippen molar-refractivity contribution in [3.8, 4) is 28.3 Å². The van der Waals surface area contributed by atoms with Gasteiger partial charge < -0.3 is 15.3 Å². The van der Waals surface area contributed by atoms with Gasteiger partial charge in [0.1, 0.15) is 18.0 Å². The number of aromatic nitrogens is 5. The topological polar surface area (TPSA) is 124 Å². The maximum absolute atomic E-state index is 11.8. The van der Waals surface area contributed by atoms with Crippen LogP contribution in [0.1, 0.15) is 25.3 Å². The fourth-order valence-corrected chi connectivity index (χ4v) is 4.46. The summed E-state index contributed by atoms with van der Waals surface area (Å²) in [7, 11) is 1.87. The van der Waals surface area contributed by atoms with Gasteiger partial charge in [-0.2, -0.15) is 15.5 Å². The lowest BCUT2D eigenvalue weighted by Gasteiger charge is -2.33. The molecular formula is C25H26N8O2. The molecule has 0 radical (unpaired) electrons. The number of rotatable bonds is 5. The Balaban J connectivity index is 1.41. The van der Waals surface area contributed by atoms with Crippen molar-refractivity contribution in [1.82, 2.24) is 29.7 Å². The van der Waals surface area contributed by atoms with Gasteiger partial charge in [-0.1, -0.05) is 0 Å². The zero-order valence-corrected chi connectivity index (χ0v) is 19.6. The van der Waals surface area contributed by atoms with Crippen LogP contribution in [0.3, 0.4) is 0 Å². The average molecular weight is 471 g/mol. The van der Waals surface area contributed by atoms with E-state index >= 15 is 0 Å². The number of piperidine rings is 1. The molecule has 1 atom stereocenters. The van der Waals surface area contributed by atoms with Crippen molar-refractivity contribution >= 4 is 17.2 Å². The summed E-state index contributed by atoms with van der Waals surface area (Å²) in [5.41, 5.74) is 4.91. The van der Waals surface area contributed by atoms with E-state index in [1.165, 1.54) is 6.92 Å². The number of hydrogen-bond acceptors (Lipinski definition) is 7. The zero-order chi connectivity index (χ0) is 24.5. The van der Waals surface area contributed by atoms with Gasteiger partial charge in [0.25, 0.3) is 0 Å². The van der Waals surface area contributed by atoms with Crippen LogP contribution in [0, 0.1) is 11.3 Å². The highest BCUT2D eigenvalue weighted by Crippen LogP contribution is 2.32. The predicted octanol–water partition coefficient (Wildman–Crippen LogP) is 2.13. The molecule has 1 fully saturated rings. The van der Waals surface area contributed by atoms with E-state index in [9.17, 15) is 15.2 Å². The minimum atomic E-state index is -0.997. The molecule has 178 valence electrons. The van der Waals surface area contributed by atoms with E-state index in [1.54, 1.807) is 21.6 Å². The van der Waals surface area contributed by atoms with Crippen LogP contribution in [0.5, 0.6) is 0 Å². The molecule has 0 spiro atoms. The zero-order valence-electron chi connectivity index (χ0n) is 19.6. The maximum atomic E-state index is 11.8. The van der Waals surface area contributed by atoms with Crippen LogP contribution in [0.15, 0.2) is 49.2 Å². The monoisotopic (exact) mass is 470 g/mol. The van der Waals surface area contributed by atoms with Gasteiger partial charge >= 0.3 is 0 Å². The number of hydrogen-bond donors (Lipinski definition) is 2. The molecule has 10 heteroatoms. The summed E-state index contributed by atoms with van der Waals surface area (Å²) < 4.78 is 3.48. The highest BCUT2D eigenvalue weighted by Gasteiger charge is 2.23. The van der Waals surface area contributed by atoms with E-state index in [0.717, 1.165) is 59.5 Å². The molecule has 5 rings (SSSR count). The normalized spacial score (nSPS) is 15.2. The predicted molar refractivity (Wildman–Crippen MR) is 130 cm³/mol. The Labute approximate surface area is 202 Å². The first-order chi connectivity index (χ1) is 16.9. The smallest absolute Gasteiger partial charge is 0.248 e. The Morgan fingerprint density at radius 2 is 1.94 bits per heavy atom. The number of anilines is 1. The molecule has 4 aromatic heterocycles. The molecule has 1 aliphatic heterocycles. The summed E-state index contributed by atoms with van der Waals surface area (Å²) in [5.74, 6) is 0.532. The maximum Gasteiger partial charge on any atom is 0.248 e. The van der Waals surface area contributed by atoms with Crippen molar-refractivity contribution < 1.29 is 9.90 Å². The molecule has 4 aromatic rings. The third-order valence-electron chi connectivity index (χ3n) is 6.37. The number of carbonyl (C=O) groups is 1. The lowest BCUT2D eigenvalue weighted by molar-refractivity contribution is -0.129. The van der Waals surface area contributed by atoms with Gasteiger partial charge in [-0.3, -0.25) is 9.48 Å². The van der Waals surface area contributed by atoms with Crippen LogP contribution in [-0.2, 0) is 11.8 Å². The lowest BCUT2D eigenvalue weighted by Crippen LogP contribution is -2.47. The van der Waals surface area contributed by atoms with Gasteiger partial charge in [0, 0.05) is 67.0 Å². The molecule has 35 heavy (non-hydrogen) atoms. The molecule has 1 amide bonds. The van der Waals surface area contributed by atoms with Crippen molar-refractivity contribution in [2.45, 2.75) is 31.9 Å². The van der Waals surface area contributed by atoms with E-state index in [-0.39, 0.29) is 11.9 Å². The third-order valence-corrected chi connectivity index (χ3v) is 6.37. The molecule has 5 heterocycles. The van der Waals surface area contributed by atoms with Gasteiger partial charge in [0.05, 0.1) is 23.5 Å². The summed E-state index contributed by atoms with van der Waals surface area (Å²) in [6.07, 6.45) is 9.62. The number of carbonyl (C=O) groups excluding carboxylic acids is 1. The van der Waals surface area contributed by atoms with Gasteiger partial charge in [-0.05, 0) is 38.0 Å². The molecule has 1 aliphatic rings. The minimum absolute atomic E-state index is 0.0578. The van der Waals surface area contributed by atoms with Crippen molar-refractivity contribution in [2.24, 2.45) is 7.05 Å². The fraction of sp³-hybridized carbons (Fsp3) is 0.320. The van der Waals surface area contributed by atoms with E-state index in [4.69, 9.17) is 4.98 Å². The lowest BCUT2D eigenvalue weighted by atomic mass is 10.0. The Morgan fingerprint density at radius 3 is 2.57 bits per heavy atom. The molecule has 1 saturated heterocycles. The molecular weight excluding hydrogens is 444 g/mol. The molecule has 10 nitrogen and oxygen atoms in total. The second-order valence-electron chi connectivity index (χ2n) is 8.86. The number of nitriles is 1. The number of nitrogens with one attached hydrogen (secondary N) is 1. The largest absolute Gasteiger partial charge is 0.384 e. The summed E-state index contributed by atoms with van der Waals surface area (Å²) in [4.78, 5) is 18.7. The van der Waals surface area contributed by atoms with Crippen LogP contribution in [0.2, 0.25) is 0 Å². The van der Waals surface area contributed by atoms with Gasteiger partial charge in [0.2, 0.25) is 5.91 Å². The van der Waals surface area contributed by atoms with Crippen LogP contribution in [0.25, 0.3) is 27.8 Å². The van der Waals surface area contributed by atoms with E-state index in [1.807, 2.05) is 43.8 Å². The standard InChI is InChI=1S/C25H26N8O2/c1-16(34)25(35)30-21-5-7-32(8-6-21)23-4-3-17(11-27-23)22-9-18(20-13-28-31(2)14-20)15-33-24(22)19(10-26)12-29-33/h3-4,9,11-16,21,34H,5-8H2,1-2H3,(H,30,35)/t16-/m0/s1. The number of aliphatic hydroxyl groups excluding tert-OH is 1. The summed E-state index contributed by atoms with van der Waals surface area (Å²) in [5, 5.41) is 30.6. The van der Waals surface area contributed by atoms with Gasteiger partial charge in [0.15, 0.2) is 0 Å². The highest BCUT2D eigenvalue weighted by molar-refractivity contribution is 5.87. The number of aliphatic hydroxyl groups is 1. The van der Waals surface area contributed by atoms with Crippen molar-refractivity contribution in [1.29, 1.82) is 5.26 Å². The van der Waals surface area contributed by atoms with Crippen molar-refractivity contribution in [3.63, 3.8) is 0 Å². The van der Waals surface area contributed by atoms with Crippen LogP contribution >= 0.6 is 0 Å². The van der Waals surface area contributed by atoms with E-state index in [0.29, 0.717) is 5.56 Å². The molecule has 0 aromatic carbocycles. The van der Waals surface area contributed by atoms with E-state index < -0.39 is 6.10 Å². The van der Waals surface area contributed by atoms with Crippen LogP contribution < -0.4 is 10.2 Å². The van der Waals surface area contributed by atoms with Crippen molar-refractivity contribution in [3.05, 3.63) is 54.7 Å². The second kappa shape index (κ2) is 9.19. The number of pyridine rings is 2. The minimum Gasteiger partial charge on any atom is -0.384 e. The average Bonchev–Trinajstić information content (AvgIpc) is 3.50. The summed E-state index contributed by atoms with van der Waals surface area (Å²) >= 11 is 0. The van der Waals surface area contributed by atoms with E-state index in [2.05, 4.69) is 26.5 Å². The second-order valence-corrected chi connectivity index (χ2v) is 8.86. The Bertz CT molecular complexity index is 1410. The number of nitrogens with zero attached hydrogens (tertiary/aromatic N) is 7. The summed E-state index contributed by atoms with van der Waals surface area (Å²) in [6.45, 7) is 3.00. The Hall–Kier alpha value is -4.23. The molecule has 0 unspecified atom stereocenters. The Morgan fingerprint density at radius 1 is 1.14 bits per heavy atom.